The molecule has 0 bridgehead atoms. The molecule has 12 heteroatoms. The number of carbonyl (C=O) groups excluding carboxylic acids is 1. The summed E-state index contributed by atoms with van der Waals surface area (Å²) in [4.78, 5) is 22.0. The van der Waals surface area contributed by atoms with Crippen LogP contribution in [0.4, 0.5) is 5.13 Å². The number of rotatable bonds is 12. The minimum absolute atomic E-state index is 0.0357. The van der Waals surface area contributed by atoms with Gasteiger partial charge in [0.1, 0.15) is 22.7 Å². The molecule has 0 radical (unpaired) electrons. The van der Waals surface area contributed by atoms with Gasteiger partial charge in [-0.25, -0.2) is 18.4 Å². The molecule has 1 aromatic carbocycles. The third-order valence-electron chi connectivity index (χ3n) is 4.54. The summed E-state index contributed by atoms with van der Waals surface area (Å²) in [6.07, 6.45) is 0.388. The SMILES string of the molecule is CNCCOc1ccc2nc(NC(=O)C(=N)c3ccc(S(=O)(=O)CCCOC)cc3)sc2n1. The number of methoxy groups -OCH3 is 1. The molecular weight excluding hydrogens is 466 g/mol. The fourth-order valence-corrected chi connectivity index (χ4v) is 4.93. The number of nitrogens with zero attached hydrogens (tertiary/aromatic N) is 2. The van der Waals surface area contributed by atoms with Crippen molar-refractivity contribution in [3.8, 4) is 5.88 Å². The Hall–Kier alpha value is -2.93. The topological polar surface area (TPSA) is 143 Å². The molecule has 2 aromatic heterocycles. The second-order valence-electron chi connectivity index (χ2n) is 6.96. The first kappa shape index (κ1) is 24.7. The van der Waals surface area contributed by atoms with Gasteiger partial charge in [-0.2, -0.15) is 0 Å². The Morgan fingerprint density at radius 1 is 1.12 bits per heavy atom. The second kappa shape index (κ2) is 11.3. The van der Waals surface area contributed by atoms with E-state index in [-0.39, 0.29) is 16.4 Å². The van der Waals surface area contributed by atoms with E-state index < -0.39 is 15.7 Å². The quantitative estimate of drug-likeness (QED) is 0.258. The average Bonchev–Trinajstić information content (AvgIpc) is 3.20. The predicted molar refractivity (Wildman–Crippen MR) is 127 cm³/mol. The van der Waals surface area contributed by atoms with Crippen molar-refractivity contribution in [2.24, 2.45) is 0 Å². The van der Waals surface area contributed by atoms with Crippen molar-refractivity contribution in [3.63, 3.8) is 0 Å². The van der Waals surface area contributed by atoms with E-state index in [4.69, 9.17) is 14.9 Å². The summed E-state index contributed by atoms with van der Waals surface area (Å²) in [5.74, 6) is -0.231. The smallest absolute Gasteiger partial charge is 0.275 e. The number of thiazole rings is 1. The molecule has 3 rings (SSSR count). The number of fused-ring (bicyclic) bond motifs is 1. The highest BCUT2D eigenvalue weighted by molar-refractivity contribution is 7.91. The van der Waals surface area contributed by atoms with Gasteiger partial charge < -0.3 is 14.8 Å². The molecule has 0 aliphatic heterocycles. The molecule has 0 saturated heterocycles. The number of carbonyl (C=O) groups is 1. The van der Waals surface area contributed by atoms with E-state index in [0.717, 1.165) is 0 Å². The number of anilines is 1. The van der Waals surface area contributed by atoms with Crippen molar-refractivity contribution >= 4 is 48.3 Å². The summed E-state index contributed by atoms with van der Waals surface area (Å²) < 4.78 is 35.1. The largest absolute Gasteiger partial charge is 0.476 e. The fraction of sp³-hybridized carbons (Fsp3) is 0.333. The number of amides is 1. The molecule has 0 aliphatic carbocycles. The number of hydrogen-bond acceptors (Lipinski definition) is 10. The monoisotopic (exact) mass is 491 g/mol. The summed E-state index contributed by atoms with van der Waals surface area (Å²) in [5, 5.41) is 14.1. The number of nitrogens with one attached hydrogen (secondary N) is 3. The zero-order chi connectivity index (χ0) is 23.8. The van der Waals surface area contributed by atoms with Gasteiger partial charge in [0, 0.05) is 31.9 Å². The number of aromatic nitrogens is 2. The number of benzene rings is 1. The first-order chi connectivity index (χ1) is 15.8. The molecule has 0 fully saturated rings. The number of sulfone groups is 1. The first-order valence-corrected chi connectivity index (χ1v) is 12.6. The number of pyridine rings is 1. The molecule has 33 heavy (non-hydrogen) atoms. The highest BCUT2D eigenvalue weighted by atomic mass is 32.2. The van der Waals surface area contributed by atoms with Crippen molar-refractivity contribution in [1.82, 2.24) is 15.3 Å². The predicted octanol–water partition coefficient (Wildman–Crippen LogP) is 2.11. The maximum atomic E-state index is 12.5. The third-order valence-corrected chi connectivity index (χ3v) is 7.24. The molecule has 176 valence electrons. The summed E-state index contributed by atoms with van der Waals surface area (Å²) >= 11 is 1.17. The zero-order valence-electron chi connectivity index (χ0n) is 18.3. The average molecular weight is 492 g/mol. The molecule has 10 nitrogen and oxygen atoms in total. The van der Waals surface area contributed by atoms with Crippen molar-refractivity contribution in [1.29, 1.82) is 5.41 Å². The van der Waals surface area contributed by atoms with Crippen LogP contribution in [0.15, 0.2) is 41.3 Å². The lowest BCUT2D eigenvalue weighted by atomic mass is 10.1. The van der Waals surface area contributed by atoms with Gasteiger partial charge in [-0.1, -0.05) is 23.5 Å². The van der Waals surface area contributed by atoms with Gasteiger partial charge in [-0.15, -0.1) is 0 Å². The molecular formula is C21H25N5O5S2. The Bertz CT molecular complexity index is 1230. The number of ether oxygens (including phenoxy) is 2. The molecule has 0 unspecified atom stereocenters. The maximum absolute atomic E-state index is 12.5. The van der Waals surface area contributed by atoms with E-state index in [1.165, 1.54) is 42.7 Å². The van der Waals surface area contributed by atoms with Gasteiger partial charge in [0.15, 0.2) is 15.0 Å². The molecule has 1 amide bonds. The lowest BCUT2D eigenvalue weighted by Gasteiger charge is -2.07. The summed E-state index contributed by atoms with van der Waals surface area (Å²) in [6, 6.07) is 9.14. The number of likely N-dealkylation sites (N-methyl/N-ethyl adjacent to an activating group) is 1. The maximum Gasteiger partial charge on any atom is 0.275 e. The first-order valence-electron chi connectivity index (χ1n) is 10.1. The highest BCUT2D eigenvalue weighted by Crippen LogP contribution is 2.26. The Kier molecular flexibility index (Phi) is 8.44. The Balaban J connectivity index is 1.65. The van der Waals surface area contributed by atoms with Crippen molar-refractivity contribution in [2.75, 3.05) is 45.0 Å². The third kappa shape index (κ3) is 6.54. The molecule has 0 spiro atoms. The van der Waals surface area contributed by atoms with Crippen LogP contribution in [0, 0.1) is 5.41 Å². The normalized spacial score (nSPS) is 11.5. The Morgan fingerprint density at radius 3 is 2.58 bits per heavy atom. The van der Waals surface area contributed by atoms with Gasteiger partial charge in [-0.3, -0.25) is 15.5 Å². The van der Waals surface area contributed by atoms with E-state index in [1.807, 2.05) is 7.05 Å². The van der Waals surface area contributed by atoms with Crippen LogP contribution in [-0.4, -0.2) is 69.7 Å². The van der Waals surface area contributed by atoms with E-state index in [0.29, 0.717) is 53.1 Å². The zero-order valence-corrected chi connectivity index (χ0v) is 19.9. The minimum atomic E-state index is -3.45. The van der Waals surface area contributed by atoms with Crippen LogP contribution in [0.1, 0.15) is 12.0 Å². The summed E-state index contributed by atoms with van der Waals surface area (Å²) in [5.41, 5.74) is 0.593. The molecule has 3 aromatic rings. The molecule has 0 saturated carbocycles. The van der Waals surface area contributed by atoms with Gasteiger partial charge in [0.25, 0.3) is 5.91 Å². The number of hydrogen-bond donors (Lipinski definition) is 3. The van der Waals surface area contributed by atoms with Crippen LogP contribution < -0.4 is 15.4 Å². The summed E-state index contributed by atoms with van der Waals surface area (Å²) in [7, 11) is -0.105. The van der Waals surface area contributed by atoms with Gasteiger partial charge >= 0.3 is 0 Å². The van der Waals surface area contributed by atoms with Crippen molar-refractivity contribution < 1.29 is 22.7 Å². The lowest BCUT2D eigenvalue weighted by Crippen LogP contribution is -2.22. The van der Waals surface area contributed by atoms with Crippen LogP contribution >= 0.6 is 11.3 Å². The van der Waals surface area contributed by atoms with Crippen molar-refractivity contribution in [3.05, 3.63) is 42.0 Å². The summed E-state index contributed by atoms with van der Waals surface area (Å²) in [6.45, 7) is 1.52. The Labute approximate surface area is 195 Å². The van der Waals surface area contributed by atoms with Crippen LogP contribution in [-0.2, 0) is 19.4 Å². The van der Waals surface area contributed by atoms with E-state index in [9.17, 15) is 13.2 Å². The highest BCUT2D eigenvalue weighted by Gasteiger charge is 2.18. The van der Waals surface area contributed by atoms with Gasteiger partial charge in [0.2, 0.25) is 5.88 Å². The fourth-order valence-electron chi connectivity index (χ4n) is 2.82. The van der Waals surface area contributed by atoms with Gasteiger partial charge in [0.05, 0.1) is 10.6 Å². The van der Waals surface area contributed by atoms with E-state index >= 15 is 0 Å². The minimum Gasteiger partial charge on any atom is -0.476 e. The van der Waals surface area contributed by atoms with Crippen molar-refractivity contribution in [2.45, 2.75) is 11.3 Å². The molecule has 2 heterocycles. The molecule has 3 N–H and O–H groups in total. The van der Waals surface area contributed by atoms with Gasteiger partial charge in [-0.05, 0) is 31.7 Å². The standard InChI is InChI=1S/C21H25N5O5S2/c1-23-10-12-31-17-9-8-16-20(25-17)32-21(24-16)26-19(27)18(22)14-4-6-15(7-5-14)33(28,29)13-3-11-30-2/h4-9,22-23H,3,10-13H2,1-2H3,(H,24,26,27). The van der Waals surface area contributed by atoms with E-state index in [2.05, 4.69) is 20.6 Å². The second-order valence-corrected chi connectivity index (χ2v) is 10.1. The van der Waals surface area contributed by atoms with Crippen LogP contribution in [0.25, 0.3) is 10.3 Å². The molecule has 0 atom stereocenters. The van der Waals surface area contributed by atoms with Crippen LogP contribution in [0.2, 0.25) is 0 Å². The van der Waals surface area contributed by atoms with Crippen LogP contribution in [0.3, 0.4) is 0 Å². The van der Waals surface area contributed by atoms with Crippen LogP contribution in [0.5, 0.6) is 5.88 Å². The van der Waals surface area contributed by atoms with E-state index in [1.54, 1.807) is 12.1 Å². The lowest BCUT2D eigenvalue weighted by molar-refractivity contribution is -0.110. The Morgan fingerprint density at radius 2 is 1.88 bits per heavy atom. The molecule has 0 aliphatic rings.